The number of amides is 1. The Balaban J connectivity index is 1.97. The molecule has 1 heterocycles. The van der Waals surface area contributed by atoms with Crippen LogP contribution in [0.1, 0.15) is 30.8 Å². The van der Waals surface area contributed by atoms with E-state index < -0.39 is 0 Å². The number of phenols is 1. The molecule has 1 unspecified atom stereocenters. The Hall–Kier alpha value is -2.30. The second kappa shape index (κ2) is 6.04. The molecule has 3 N–H and O–H groups in total. The minimum absolute atomic E-state index is 0.0890. The van der Waals surface area contributed by atoms with Crippen molar-refractivity contribution in [1.82, 2.24) is 15.3 Å². The van der Waals surface area contributed by atoms with Gasteiger partial charge in [0, 0.05) is 12.4 Å². The third-order valence-corrected chi connectivity index (χ3v) is 2.87. The van der Waals surface area contributed by atoms with E-state index in [0.29, 0.717) is 0 Å². The van der Waals surface area contributed by atoms with Gasteiger partial charge in [-0.25, -0.2) is 4.98 Å². The molecular formula is C14H17N3O2. The van der Waals surface area contributed by atoms with Gasteiger partial charge in [0.05, 0.1) is 12.5 Å². The fourth-order valence-electron chi connectivity index (χ4n) is 1.93. The molecule has 0 fully saturated rings. The van der Waals surface area contributed by atoms with E-state index in [4.69, 9.17) is 0 Å². The maximum Gasteiger partial charge on any atom is 0.225 e. The number of nitrogens with one attached hydrogen (secondary N) is 2. The minimum Gasteiger partial charge on any atom is -0.508 e. The zero-order chi connectivity index (χ0) is 13.7. The first-order valence-electron chi connectivity index (χ1n) is 6.25. The lowest BCUT2D eigenvalue weighted by Crippen LogP contribution is -2.30. The molecule has 0 aliphatic carbocycles. The number of hydrogen-bond donors (Lipinski definition) is 3. The number of H-pyrrole nitrogens is 1. The van der Waals surface area contributed by atoms with Gasteiger partial charge in [0.2, 0.25) is 5.91 Å². The Morgan fingerprint density at radius 2 is 2.37 bits per heavy atom. The second-order valence-corrected chi connectivity index (χ2v) is 4.35. The van der Waals surface area contributed by atoms with Crippen molar-refractivity contribution in [2.75, 3.05) is 0 Å². The Morgan fingerprint density at radius 3 is 3.00 bits per heavy atom. The Morgan fingerprint density at radius 1 is 1.53 bits per heavy atom. The normalized spacial score (nSPS) is 12.1. The van der Waals surface area contributed by atoms with Crippen molar-refractivity contribution in [1.29, 1.82) is 0 Å². The highest BCUT2D eigenvalue weighted by Gasteiger charge is 2.14. The number of nitrogens with zero attached hydrogens (tertiary/aromatic N) is 1. The van der Waals surface area contributed by atoms with Crippen molar-refractivity contribution in [2.45, 2.75) is 25.8 Å². The maximum atomic E-state index is 12.0. The predicted molar refractivity (Wildman–Crippen MR) is 71.6 cm³/mol. The van der Waals surface area contributed by atoms with Gasteiger partial charge in [0.25, 0.3) is 0 Å². The third-order valence-electron chi connectivity index (χ3n) is 2.87. The van der Waals surface area contributed by atoms with E-state index in [2.05, 4.69) is 15.3 Å². The van der Waals surface area contributed by atoms with Crippen LogP contribution in [-0.2, 0) is 11.2 Å². The van der Waals surface area contributed by atoms with Crippen LogP contribution in [0.25, 0.3) is 0 Å². The Bertz CT molecular complexity index is 537. The molecule has 0 saturated heterocycles. The van der Waals surface area contributed by atoms with Gasteiger partial charge < -0.3 is 15.4 Å². The van der Waals surface area contributed by atoms with Crippen LogP contribution < -0.4 is 5.32 Å². The van der Waals surface area contributed by atoms with Crippen LogP contribution in [0.4, 0.5) is 0 Å². The van der Waals surface area contributed by atoms with Gasteiger partial charge in [0.1, 0.15) is 11.6 Å². The number of benzene rings is 1. The summed E-state index contributed by atoms with van der Waals surface area (Å²) >= 11 is 0. The number of carbonyl (C=O) groups excluding carboxylic acids is 1. The van der Waals surface area contributed by atoms with E-state index in [1.165, 1.54) is 0 Å². The highest BCUT2D eigenvalue weighted by molar-refractivity contribution is 5.79. The van der Waals surface area contributed by atoms with Crippen LogP contribution in [0.2, 0.25) is 0 Å². The van der Waals surface area contributed by atoms with E-state index in [1.54, 1.807) is 30.6 Å². The fourth-order valence-corrected chi connectivity index (χ4v) is 1.93. The third kappa shape index (κ3) is 3.58. The zero-order valence-corrected chi connectivity index (χ0v) is 10.8. The molecule has 1 atom stereocenters. The first-order chi connectivity index (χ1) is 9.19. The van der Waals surface area contributed by atoms with Crippen molar-refractivity contribution >= 4 is 5.91 Å². The molecule has 2 aromatic rings. The average molecular weight is 259 g/mol. The molecular weight excluding hydrogens is 242 g/mol. The van der Waals surface area contributed by atoms with E-state index >= 15 is 0 Å². The van der Waals surface area contributed by atoms with Crippen LogP contribution in [0.3, 0.4) is 0 Å². The van der Waals surface area contributed by atoms with Crippen molar-refractivity contribution in [3.05, 3.63) is 48.0 Å². The number of phenolic OH excluding ortho intramolecular Hbond substituents is 1. The number of aromatic amines is 1. The summed E-state index contributed by atoms with van der Waals surface area (Å²) in [5, 5.41) is 12.3. The SMILES string of the molecule is CCC(NC(=O)Cc1cccc(O)c1)c1ncc[nH]1. The molecule has 0 saturated carbocycles. The summed E-state index contributed by atoms with van der Waals surface area (Å²) < 4.78 is 0. The smallest absolute Gasteiger partial charge is 0.225 e. The van der Waals surface area contributed by atoms with Gasteiger partial charge in [-0.05, 0) is 24.1 Å². The molecule has 100 valence electrons. The van der Waals surface area contributed by atoms with E-state index in [0.717, 1.165) is 17.8 Å². The summed E-state index contributed by atoms with van der Waals surface area (Å²) in [6.45, 7) is 1.99. The largest absolute Gasteiger partial charge is 0.508 e. The van der Waals surface area contributed by atoms with Crippen LogP contribution in [-0.4, -0.2) is 21.0 Å². The summed E-state index contributed by atoms with van der Waals surface area (Å²) in [7, 11) is 0. The summed E-state index contributed by atoms with van der Waals surface area (Å²) in [5.41, 5.74) is 0.784. The molecule has 1 aromatic carbocycles. The van der Waals surface area contributed by atoms with Gasteiger partial charge in [0.15, 0.2) is 0 Å². The van der Waals surface area contributed by atoms with Crippen molar-refractivity contribution in [3.63, 3.8) is 0 Å². The molecule has 0 aliphatic rings. The standard InChI is InChI=1S/C14H17N3O2/c1-2-12(14-15-6-7-16-14)17-13(19)9-10-4-3-5-11(18)8-10/h3-8,12,18H,2,9H2,1H3,(H,15,16)(H,17,19). The van der Waals surface area contributed by atoms with Crippen LogP contribution in [0.15, 0.2) is 36.7 Å². The number of aromatic nitrogens is 2. The molecule has 1 aromatic heterocycles. The highest BCUT2D eigenvalue weighted by atomic mass is 16.3. The van der Waals surface area contributed by atoms with Crippen LogP contribution >= 0.6 is 0 Å². The number of imidazole rings is 1. The van der Waals surface area contributed by atoms with Gasteiger partial charge >= 0.3 is 0 Å². The lowest BCUT2D eigenvalue weighted by molar-refractivity contribution is -0.121. The molecule has 5 nitrogen and oxygen atoms in total. The number of rotatable bonds is 5. The molecule has 0 radical (unpaired) electrons. The zero-order valence-electron chi connectivity index (χ0n) is 10.8. The summed E-state index contributed by atoms with van der Waals surface area (Å²) in [5.74, 6) is 0.837. The van der Waals surface area contributed by atoms with Crippen LogP contribution in [0, 0.1) is 0 Å². The van der Waals surface area contributed by atoms with Gasteiger partial charge in [-0.2, -0.15) is 0 Å². The lowest BCUT2D eigenvalue weighted by atomic mass is 10.1. The van der Waals surface area contributed by atoms with Crippen molar-refractivity contribution in [3.8, 4) is 5.75 Å². The van der Waals surface area contributed by atoms with Crippen molar-refractivity contribution < 1.29 is 9.90 Å². The lowest BCUT2D eigenvalue weighted by Gasteiger charge is -2.14. The number of hydrogen-bond acceptors (Lipinski definition) is 3. The summed E-state index contributed by atoms with van der Waals surface area (Å²) in [6.07, 6.45) is 4.41. The molecule has 0 spiro atoms. The van der Waals surface area contributed by atoms with Gasteiger partial charge in [-0.1, -0.05) is 19.1 Å². The van der Waals surface area contributed by atoms with E-state index in [-0.39, 0.29) is 24.1 Å². The highest BCUT2D eigenvalue weighted by Crippen LogP contribution is 2.14. The Labute approximate surface area is 111 Å². The van der Waals surface area contributed by atoms with E-state index in [9.17, 15) is 9.90 Å². The molecule has 1 amide bonds. The summed E-state index contributed by atoms with van der Waals surface area (Å²) in [4.78, 5) is 19.1. The maximum absolute atomic E-state index is 12.0. The fraction of sp³-hybridized carbons (Fsp3) is 0.286. The van der Waals surface area contributed by atoms with Crippen molar-refractivity contribution in [2.24, 2.45) is 0 Å². The summed E-state index contributed by atoms with van der Waals surface area (Å²) in [6, 6.07) is 6.60. The van der Waals surface area contributed by atoms with Gasteiger partial charge in [-0.15, -0.1) is 0 Å². The molecule has 0 aliphatic heterocycles. The predicted octanol–water partition coefficient (Wildman–Crippen LogP) is 1.93. The number of aromatic hydroxyl groups is 1. The number of carbonyl (C=O) groups is 1. The molecule has 2 rings (SSSR count). The molecule has 19 heavy (non-hydrogen) atoms. The van der Waals surface area contributed by atoms with Crippen LogP contribution in [0.5, 0.6) is 5.75 Å². The minimum atomic E-state index is -0.111. The molecule has 5 heteroatoms. The topological polar surface area (TPSA) is 78.0 Å². The first kappa shape index (κ1) is 13.1. The monoisotopic (exact) mass is 259 g/mol. The van der Waals surface area contributed by atoms with E-state index in [1.807, 2.05) is 13.0 Å². The second-order valence-electron chi connectivity index (χ2n) is 4.35. The molecule has 0 bridgehead atoms. The first-order valence-corrected chi connectivity index (χ1v) is 6.25. The van der Waals surface area contributed by atoms with Gasteiger partial charge in [-0.3, -0.25) is 4.79 Å². The Kier molecular flexibility index (Phi) is 4.18. The average Bonchev–Trinajstić information content (AvgIpc) is 2.89. The quantitative estimate of drug-likeness (QED) is 0.767.